The van der Waals surface area contributed by atoms with Crippen molar-refractivity contribution in [3.05, 3.63) is 36.5 Å². The number of carbonyl (C=O) groups excluding carboxylic acids is 1. The van der Waals surface area contributed by atoms with E-state index in [4.69, 9.17) is 5.26 Å². The molecule has 0 fully saturated rings. The maximum Gasteiger partial charge on any atom is 0.490 e. The lowest BCUT2D eigenvalue weighted by molar-refractivity contribution is -0.756. The second-order valence-corrected chi connectivity index (χ2v) is 4.48. The summed E-state index contributed by atoms with van der Waals surface area (Å²) in [6.07, 6.45) is -5.12. The SMILES string of the molecule is N#CC[C@@H](C[n+]1ccc2ccccc2n1)OC(=O)C(F)(F)F. The molecule has 0 aliphatic rings. The molecule has 0 spiro atoms. The standard InChI is InChI=1S/C14H11F3N3O2/c15-14(16,17)13(21)22-11(5-7-18)9-20-8-6-10-3-1-2-4-12(10)19-20/h1-4,6,8,11H,5,9H2/q+1/t11-/m0/s1. The number of carbonyl (C=O) groups is 1. The smallest absolute Gasteiger partial charge is 0.448 e. The fourth-order valence-corrected chi connectivity index (χ4v) is 1.83. The average Bonchev–Trinajstić information content (AvgIpc) is 2.46. The number of rotatable bonds is 4. The number of aromatic nitrogens is 2. The summed E-state index contributed by atoms with van der Waals surface area (Å²) < 4.78 is 42.3. The van der Waals surface area contributed by atoms with Crippen molar-refractivity contribution in [1.82, 2.24) is 5.10 Å². The molecule has 0 aliphatic heterocycles. The van der Waals surface area contributed by atoms with Gasteiger partial charge in [0, 0.05) is 16.6 Å². The predicted octanol–water partition coefficient (Wildman–Crippen LogP) is 1.91. The maximum absolute atomic E-state index is 12.2. The van der Waals surface area contributed by atoms with Crippen LogP contribution in [0.15, 0.2) is 36.5 Å². The number of nitrogens with zero attached hydrogens (tertiary/aromatic N) is 3. The molecule has 5 nitrogen and oxygen atoms in total. The largest absolute Gasteiger partial charge is 0.490 e. The Bertz CT molecular complexity index is 725. The monoisotopic (exact) mass is 310 g/mol. The first-order chi connectivity index (χ1) is 10.4. The van der Waals surface area contributed by atoms with Crippen molar-refractivity contribution < 1.29 is 27.4 Å². The molecule has 22 heavy (non-hydrogen) atoms. The molecular formula is C14H11F3N3O2+. The molecule has 1 heterocycles. The number of fused-ring (bicyclic) bond motifs is 1. The number of halogens is 3. The van der Waals surface area contributed by atoms with Crippen LogP contribution in [-0.4, -0.2) is 23.3 Å². The first-order valence-electron chi connectivity index (χ1n) is 6.30. The number of alkyl halides is 3. The minimum absolute atomic E-state index is 0.139. The van der Waals surface area contributed by atoms with Gasteiger partial charge in [-0.1, -0.05) is 22.9 Å². The van der Waals surface area contributed by atoms with Crippen LogP contribution in [0.2, 0.25) is 0 Å². The average molecular weight is 310 g/mol. The Labute approximate surface area is 123 Å². The summed E-state index contributed by atoms with van der Waals surface area (Å²) in [6, 6.07) is 10.6. The van der Waals surface area contributed by atoms with Crippen molar-refractivity contribution in [3.63, 3.8) is 0 Å². The molecule has 0 unspecified atom stereocenters. The van der Waals surface area contributed by atoms with Gasteiger partial charge in [0.2, 0.25) is 6.54 Å². The Kier molecular flexibility index (Phi) is 4.56. The van der Waals surface area contributed by atoms with Crippen LogP contribution in [0.5, 0.6) is 0 Å². The van der Waals surface area contributed by atoms with Gasteiger partial charge in [0.05, 0.1) is 12.5 Å². The van der Waals surface area contributed by atoms with Gasteiger partial charge in [-0.05, 0) is 6.07 Å². The summed E-state index contributed by atoms with van der Waals surface area (Å²) in [7, 11) is 0. The van der Waals surface area contributed by atoms with Crippen molar-refractivity contribution >= 4 is 16.9 Å². The van der Waals surface area contributed by atoms with Crippen LogP contribution in [0.4, 0.5) is 13.2 Å². The molecule has 0 radical (unpaired) electrons. The summed E-state index contributed by atoms with van der Waals surface area (Å²) >= 11 is 0. The highest BCUT2D eigenvalue weighted by Gasteiger charge is 2.42. The van der Waals surface area contributed by atoms with Gasteiger partial charge in [0.15, 0.2) is 12.3 Å². The van der Waals surface area contributed by atoms with E-state index in [2.05, 4.69) is 9.84 Å². The third-order valence-corrected chi connectivity index (χ3v) is 2.81. The zero-order chi connectivity index (χ0) is 16.2. The zero-order valence-electron chi connectivity index (χ0n) is 11.2. The van der Waals surface area contributed by atoms with Gasteiger partial charge in [-0.3, -0.25) is 0 Å². The molecule has 8 heteroatoms. The lowest BCUT2D eigenvalue weighted by Crippen LogP contribution is -2.45. The van der Waals surface area contributed by atoms with Gasteiger partial charge < -0.3 is 4.74 Å². The minimum atomic E-state index is -5.09. The fraction of sp³-hybridized carbons (Fsp3) is 0.286. The summed E-state index contributed by atoms with van der Waals surface area (Å²) in [5.41, 5.74) is 0.642. The third-order valence-electron chi connectivity index (χ3n) is 2.81. The van der Waals surface area contributed by atoms with Crippen LogP contribution in [0, 0.1) is 11.3 Å². The Morgan fingerprint density at radius 1 is 1.36 bits per heavy atom. The topological polar surface area (TPSA) is 66.9 Å². The van der Waals surface area contributed by atoms with E-state index < -0.39 is 18.2 Å². The third kappa shape index (κ3) is 3.91. The lowest BCUT2D eigenvalue weighted by Gasteiger charge is -2.12. The summed E-state index contributed by atoms with van der Waals surface area (Å²) in [5, 5.41) is 13.7. The van der Waals surface area contributed by atoms with E-state index in [1.54, 1.807) is 30.5 Å². The second kappa shape index (κ2) is 6.39. The molecule has 1 aromatic carbocycles. The minimum Gasteiger partial charge on any atom is -0.448 e. The lowest BCUT2D eigenvalue weighted by atomic mass is 10.2. The highest BCUT2D eigenvalue weighted by Crippen LogP contribution is 2.18. The quantitative estimate of drug-likeness (QED) is 0.639. The van der Waals surface area contributed by atoms with Gasteiger partial charge in [-0.25, -0.2) is 4.79 Å². The summed E-state index contributed by atoms with van der Waals surface area (Å²) in [4.78, 5) is 10.9. The Hall–Kier alpha value is -2.69. The second-order valence-electron chi connectivity index (χ2n) is 4.48. The van der Waals surface area contributed by atoms with Crippen molar-refractivity contribution in [2.45, 2.75) is 25.2 Å². The number of esters is 1. The van der Waals surface area contributed by atoms with Crippen LogP contribution < -0.4 is 4.68 Å². The number of nitriles is 1. The molecule has 114 valence electrons. The van der Waals surface area contributed by atoms with Crippen molar-refractivity contribution in [2.75, 3.05) is 0 Å². The number of hydrogen-bond donors (Lipinski definition) is 0. The number of hydrogen-bond acceptors (Lipinski definition) is 4. The van der Waals surface area contributed by atoms with E-state index in [-0.39, 0.29) is 13.0 Å². The first-order valence-corrected chi connectivity index (χ1v) is 6.30. The van der Waals surface area contributed by atoms with Crippen molar-refractivity contribution in [3.8, 4) is 6.07 Å². The highest BCUT2D eigenvalue weighted by molar-refractivity contribution is 5.76. The van der Waals surface area contributed by atoms with Crippen molar-refractivity contribution in [1.29, 1.82) is 5.26 Å². The zero-order valence-corrected chi connectivity index (χ0v) is 11.2. The Balaban J connectivity index is 2.15. The molecule has 0 saturated heterocycles. The molecule has 0 aliphatic carbocycles. The van der Waals surface area contributed by atoms with E-state index in [1.807, 2.05) is 12.1 Å². The number of benzene rings is 1. The van der Waals surface area contributed by atoms with Crippen LogP contribution in [0.1, 0.15) is 6.42 Å². The van der Waals surface area contributed by atoms with Gasteiger partial charge in [0.25, 0.3) is 0 Å². The molecule has 1 aromatic heterocycles. The van der Waals surface area contributed by atoms with Crippen LogP contribution in [-0.2, 0) is 16.1 Å². The maximum atomic E-state index is 12.2. The molecule has 0 saturated carbocycles. The molecule has 2 rings (SSSR count). The van der Waals surface area contributed by atoms with Gasteiger partial charge in [-0.15, -0.1) is 0 Å². The Morgan fingerprint density at radius 2 is 2.09 bits per heavy atom. The van der Waals surface area contributed by atoms with Crippen LogP contribution in [0.3, 0.4) is 0 Å². The highest BCUT2D eigenvalue weighted by atomic mass is 19.4. The summed E-state index contributed by atoms with van der Waals surface area (Å²) in [5.74, 6) is -2.31. The van der Waals surface area contributed by atoms with E-state index in [0.29, 0.717) is 5.52 Å². The van der Waals surface area contributed by atoms with E-state index >= 15 is 0 Å². The molecular weight excluding hydrogens is 299 g/mol. The molecule has 2 aromatic rings. The summed E-state index contributed by atoms with van der Waals surface area (Å²) in [6.45, 7) is -0.139. The number of ether oxygens (including phenoxy) is 1. The van der Waals surface area contributed by atoms with Crippen LogP contribution in [0.25, 0.3) is 10.9 Å². The van der Waals surface area contributed by atoms with E-state index in [0.717, 1.165) is 5.39 Å². The van der Waals surface area contributed by atoms with Crippen LogP contribution >= 0.6 is 0 Å². The molecule has 0 bridgehead atoms. The van der Waals surface area contributed by atoms with Gasteiger partial charge >= 0.3 is 12.1 Å². The Morgan fingerprint density at radius 3 is 2.77 bits per heavy atom. The molecule has 0 N–H and O–H groups in total. The fourth-order valence-electron chi connectivity index (χ4n) is 1.83. The normalized spacial score (nSPS) is 12.6. The van der Waals surface area contributed by atoms with Gasteiger partial charge in [-0.2, -0.15) is 18.4 Å². The van der Waals surface area contributed by atoms with Gasteiger partial charge in [0.1, 0.15) is 5.52 Å². The first kappa shape index (κ1) is 15.7. The van der Waals surface area contributed by atoms with E-state index in [9.17, 15) is 18.0 Å². The predicted molar refractivity (Wildman–Crippen MR) is 68.1 cm³/mol. The molecule has 0 amide bonds. The molecule has 1 atom stereocenters. The van der Waals surface area contributed by atoms with E-state index in [1.165, 1.54) is 4.68 Å². The van der Waals surface area contributed by atoms with Crippen molar-refractivity contribution in [2.24, 2.45) is 0 Å².